The van der Waals surface area contributed by atoms with Crippen LogP contribution in [0.1, 0.15) is 25.2 Å². The summed E-state index contributed by atoms with van der Waals surface area (Å²) in [5, 5.41) is 0. The van der Waals surface area contributed by atoms with Crippen molar-refractivity contribution in [1.29, 1.82) is 0 Å². The summed E-state index contributed by atoms with van der Waals surface area (Å²) in [7, 11) is 0. The number of rotatable bonds is 4. The van der Waals surface area contributed by atoms with E-state index in [4.69, 9.17) is 10.5 Å². The lowest BCUT2D eigenvalue weighted by Gasteiger charge is -2.03. The number of hydrogen-bond donors (Lipinski definition) is 2. The zero-order chi connectivity index (χ0) is 11.5. The van der Waals surface area contributed by atoms with E-state index in [-0.39, 0.29) is 6.10 Å². The predicted octanol–water partition coefficient (Wildman–Crippen LogP) is 1.95. The van der Waals surface area contributed by atoms with Crippen LogP contribution in [0.2, 0.25) is 0 Å². The van der Waals surface area contributed by atoms with Crippen LogP contribution in [0, 0.1) is 0 Å². The molecule has 4 nitrogen and oxygen atoms in total. The number of benzene rings is 1. The van der Waals surface area contributed by atoms with E-state index in [1.807, 2.05) is 32.0 Å². The van der Waals surface area contributed by atoms with Gasteiger partial charge in [0, 0.05) is 6.54 Å². The molecule has 0 bridgehead atoms. The summed E-state index contributed by atoms with van der Waals surface area (Å²) in [5.41, 5.74) is 8.69. The summed E-state index contributed by atoms with van der Waals surface area (Å²) >= 11 is 0. The number of hydrogen-bond acceptors (Lipinski definition) is 3. The highest BCUT2D eigenvalue weighted by Gasteiger charge is 2.06. The van der Waals surface area contributed by atoms with Crippen LogP contribution in [0.4, 0.5) is 0 Å². The van der Waals surface area contributed by atoms with Crippen LogP contribution in [0.25, 0.3) is 11.0 Å². The second kappa shape index (κ2) is 4.63. The first-order chi connectivity index (χ1) is 7.70. The van der Waals surface area contributed by atoms with Gasteiger partial charge in [-0.15, -0.1) is 0 Å². The van der Waals surface area contributed by atoms with Crippen molar-refractivity contribution >= 4 is 11.0 Å². The lowest BCUT2D eigenvalue weighted by atomic mass is 10.2. The molecule has 4 heteroatoms. The van der Waals surface area contributed by atoms with Crippen LogP contribution in [0.15, 0.2) is 18.2 Å². The number of nitrogens with one attached hydrogen (secondary N) is 1. The van der Waals surface area contributed by atoms with Gasteiger partial charge in [-0.3, -0.25) is 0 Å². The molecule has 0 radical (unpaired) electrons. The maximum atomic E-state index is 5.66. The topological polar surface area (TPSA) is 63.9 Å². The van der Waals surface area contributed by atoms with Crippen molar-refractivity contribution in [2.75, 3.05) is 0 Å². The van der Waals surface area contributed by atoms with Crippen molar-refractivity contribution in [3.05, 3.63) is 29.6 Å². The van der Waals surface area contributed by atoms with Crippen LogP contribution in [0.5, 0.6) is 0 Å². The molecule has 0 spiro atoms. The molecule has 0 aliphatic heterocycles. The zero-order valence-corrected chi connectivity index (χ0v) is 9.66. The first-order valence-corrected chi connectivity index (χ1v) is 5.49. The molecule has 0 fully saturated rings. The van der Waals surface area contributed by atoms with E-state index in [0.717, 1.165) is 22.4 Å². The maximum absolute atomic E-state index is 5.66. The maximum Gasteiger partial charge on any atom is 0.133 e. The van der Waals surface area contributed by atoms with Crippen LogP contribution >= 0.6 is 0 Å². The number of nitrogens with zero attached hydrogens (tertiary/aromatic N) is 1. The number of para-hydroxylation sites is 1. The lowest BCUT2D eigenvalue weighted by Crippen LogP contribution is -2.03. The van der Waals surface area contributed by atoms with Gasteiger partial charge < -0.3 is 15.5 Å². The van der Waals surface area contributed by atoms with Gasteiger partial charge in [0.15, 0.2) is 0 Å². The summed E-state index contributed by atoms with van der Waals surface area (Å²) < 4.78 is 5.51. The zero-order valence-electron chi connectivity index (χ0n) is 9.66. The van der Waals surface area contributed by atoms with E-state index in [1.54, 1.807) is 0 Å². The second-order valence-electron chi connectivity index (χ2n) is 4.06. The minimum atomic E-state index is 0.210. The average Bonchev–Trinajstić information content (AvgIpc) is 2.68. The number of fused-ring (bicyclic) bond motifs is 1. The van der Waals surface area contributed by atoms with Gasteiger partial charge in [0.2, 0.25) is 0 Å². The van der Waals surface area contributed by atoms with Gasteiger partial charge >= 0.3 is 0 Å². The summed E-state index contributed by atoms with van der Waals surface area (Å²) in [6, 6.07) is 5.98. The smallest absolute Gasteiger partial charge is 0.133 e. The number of aromatic amines is 1. The Morgan fingerprint density at radius 3 is 2.94 bits per heavy atom. The number of nitrogens with two attached hydrogens (primary N) is 1. The molecule has 0 aliphatic rings. The highest BCUT2D eigenvalue weighted by molar-refractivity contribution is 5.78. The Morgan fingerprint density at radius 2 is 2.25 bits per heavy atom. The number of H-pyrrole nitrogens is 1. The molecule has 1 aromatic carbocycles. The second-order valence-corrected chi connectivity index (χ2v) is 4.06. The molecule has 0 aliphatic carbocycles. The van der Waals surface area contributed by atoms with Gasteiger partial charge in [-0.25, -0.2) is 4.98 Å². The summed E-state index contributed by atoms with van der Waals surface area (Å²) in [5.74, 6) is 0.851. The third-order valence-electron chi connectivity index (χ3n) is 2.42. The fourth-order valence-electron chi connectivity index (χ4n) is 1.62. The van der Waals surface area contributed by atoms with Crippen molar-refractivity contribution in [3.8, 4) is 0 Å². The minimum absolute atomic E-state index is 0.210. The van der Waals surface area contributed by atoms with E-state index in [2.05, 4.69) is 9.97 Å². The van der Waals surface area contributed by atoms with Gasteiger partial charge in [0.25, 0.3) is 0 Å². The van der Waals surface area contributed by atoms with Crippen molar-refractivity contribution < 1.29 is 4.74 Å². The molecular formula is C12H17N3O. The highest BCUT2D eigenvalue weighted by Crippen LogP contribution is 2.16. The molecule has 2 aromatic rings. The average molecular weight is 219 g/mol. The van der Waals surface area contributed by atoms with Gasteiger partial charge in [-0.2, -0.15) is 0 Å². The monoisotopic (exact) mass is 219 g/mol. The molecule has 86 valence electrons. The van der Waals surface area contributed by atoms with E-state index in [1.165, 1.54) is 0 Å². The Labute approximate surface area is 94.8 Å². The number of ether oxygens (including phenoxy) is 1. The molecule has 1 heterocycles. The summed E-state index contributed by atoms with van der Waals surface area (Å²) in [6.07, 6.45) is 0.210. The Bertz CT molecular complexity index is 476. The molecule has 0 saturated heterocycles. The molecule has 16 heavy (non-hydrogen) atoms. The Morgan fingerprint density at radius 1 is 1.44 bits per heavy atom. The van der Waals surface area contributed by atoms with E-state index >= 15 is 0 Å². The summed E-state index contributed by atoms with van der Waals surface area (Å²) in [4.78, 5) is 7.73. The van der Waals surface area contributed by atoms with E-state index in [0.29, 0.717) is 13.2 Å². The number of imidazole rings is 1. The standard InChI is InChI=1S/C12H17N3O/c1-8(2)16-7-11-14-10-5-3-4-9(6-13)12(10)15-11/h3-5,8H,6-7,13H2,1-2H3,(H,14,15). The fraction of sp³-hybridized carbons (Fsp3) is 0.417. The Hall–Kier alpha value is -1.39. The van der Waals surface area contributed by atoms with Crippen molar-refractivity contribution in [2.45, 2.75) is 33.1 Å². The van der Waals surface area contributed by atoms with Crippen molar-refractivity contribution in [2.24, 2.45) is 5.73 Å². The predicted molar refractivity (Wildman–Crippen MR) is 63.9 cm³/mol. The van der Waals surface area contributed by atoms with E-state index in [9.17, 15) is 0 Å². The first kappa shape index (κ1) is 11.1. The molecule has 0 unspecified atom stereocenters. The molecule has 0 amide bonds. The Balaban J connectivity index is 2.29. The highest BCUT2D eigenvalue weighted by atomic mass is 16.5. The molecule has 3 N–H and O–H groups in total. The SMILES string of the molecule is CC(C)OCc1nc2c(CN)cccc2[nH]1. The van der Waals surface area contributed by atoms with Crippen LogP contribution in [-0.4, -0.2) is 16.1 Å². The van der Waals surface area contributed by atoms with Crippen molar-refractivity contribution in [1.82, 2.24) is 9.97 Å². The van der Waals surface area contributed by atoms with Gasteiger partial charge in [0.1, 0.15) is 12.4 Å². The number of aromatic nitrogens is 2. The van der Waals surface area contributed by atoms with Gasteiger partial charge in [0.05, 0.1) is 17.1 Å². The van der Waals surface area contributed by atoms with Crippen LogP contribution in [-0.2, 0) is 17.9 Å². The third kappa shape index (κ3) is 2.23. The largest absolute Gasteiger partial charge is 0.371 e. The van der Waals surface area contributed by atoms with Gasteiger partial charge in [-0.05, 0) is 25.5 Å². The lowest BCUT2D eigenvalue weighted by molar-refractivity contribution is 0.0618. The third-order valence-corrected chi connectivity index (χ3v) is 2.42. The van der Waals surface area contributed by atoms with Gasteiger partial charge in [-0.1, -0.05) is 12.1 Å². The molecule has 1 aromatic heterocycles. The molecule has 0 saturated carbocycles. The molecular weight excluding hydrogens is 202 g/mol. The van der Waals surface area contributed by atoms with E-state index < -0.39 is 0 Å². The first-order valence-electron chi connectivity index (χ1n) is 5.49. The minimum Gasteiger partial charge on any atom is -0.371 e. The van der Waals surface area contributed by atoms with Crippen LogP contribution < -0.4 is 5.73 Å². The quantitative estimate of drug-likeness (QED) is 0.826. The summed E-state index contributed by atoms with van der Waals surface area (Å²) in [6.45, 7) is 5.03. The fourth-order valence-corrected chi connectivity index (χ4v) is 1.62. The Kier molecular flexibility index (Phi) is 3.22. The molecule has 2 rings (SSSR count). The van der Waals surface area contributed by atoms with Crippen LogP contribution in [0.3, 0.4) is 0 Å². The molecule has 0 atom stereocenters. The van der Waals surface area contributed by atoms with Crippen molar-refractivity contribution in [3.63, 3.8) is 0 Å². The normalized spacial score (nSPS) is 11.5.